The van der Waals surface area contributed by atoms with Gasteiger partial charge in [-0.15, -0.1) is 0 Å². The van der Waals surface area contributed by atoms with Gasteiger partial charge in [0.15, 0.2) is 0 Å². The van der Waals surface area contributed by atoms with Gasteiger partial charge in [-0.1, -0.05) is 0 Å². The van der Waals surface area contributed by atoms with Crippen LogP contribution in [0.15, 0.2) is 0 Å². The van der Waals surface area contributed by atoms with Crippen LogP contribution in [0.2, 0.25) is 0 Å². The number of esters is 1. The molecule has 1 fully saturated rings. The fraction of sp³-hybridized carbons (Fsp3) is 0.929. The molecule has 0 aromatic heterocycles. The van der Waals surface area contributed by atoms with Gasteiger partial charge in [-0.05, 0) is 40.2 Å². The maximum Gasteiger partial charge on any atom is 0.325 e. The zero-order chi connectivity index (χ0) is 14.3. The molecule has 0 saturated heterocycles. The van der Waals surface area contributed by atoms with E-state index in [1.165, 1.54) is 7.11 Å². The largest absolute Gasteiger partial charge is 0.468 e. The van der Waals surface area contributed by atoms with Crippen LogP contribution in [0.3, 0.4) is 0 Å². The van der Waals surface area contributed by atoms with Crippen molar-refractivity contribution >= 4 is 5.97 Å². The number of hydrogen-bond acceptors (Lipinski definition) is 5. The molecule has 19 heavy (non-hydrogen) atoms. The molecule has 0 spiro atoms. The van der Waals surface area contributed by atoms with Gasteiger partial charge in [-0.2, -0.15) is 0 Å². The van der Waals surface area contributed by atoms with Gasteiger partial charge in [0, 0.05) is 25.7 Å². The Morgan fingerprint density at radius 1 is 1.42 bits per heavy atom. The molecule has 0 bridgehead atoms. The minimum atomic E-state index is -0.574. The van der Waals surface area contributed by atoms with E-state index in [4.69, 9.17) is 9.47 Å². The Bertz CT molecular complexity index is 282. The average Bonchev–Trinajstić information content (AvgIpc) is 3.19. The highest BCUT2D eigenvalue weighted by Gasteiger charge is 2.39. The third kappa shape index (κ3) is 5.89. The highest BCUT2D eigenvalue weighted by Crippen LogP contribution is 2.25. The summed E-state index contributed by atoms with van der Waals surface area (Å²) in [5.74, 6) is -0.169. The van der Waals surface area contributed by atoms with E-state index in [1.54, 1.807) is 0 Å². The first kappa shape index (κ1) is 16.4. The highest BCUT2D eigenvalue weighted by molar-refractivity contribution is 5.80. The second kappa shape index (κ2) is 7.82. The van der Waals surface area contributed by atoms with Crippen molar-refractivity contribution in [1.29, 1.82) is 0 Å². The molecule has 5 nitrogen and oxygen atoms in total. The first-order valence-electron chi connectivity index (χ1n) is 7.14. The number of likely N-dealkylation sites (N-methyl/N-ethyl adjacent to an activating group) is 1. The third-order valence-electron chi connectivity index (χ3n) is 3.55. The smallest absolute Gasteiger partial charge is 0.325 e. The molecule has 0 radical (unpaired) electrons. The minimum Gasteiger partial charge on any atom is -0.468 e. The Balaban J connectivity index is 2.36. The quantitative estimate of drug-likeness (QED) is 0.475. The predicted octanol–water partition coefficient (Wildman–Crippen LogP) is 1.03. The van der Waals surface area contributed by atoms with Crippen LogP contribution >= 0.6 is 0 Å². The van der Waals surface area contributed by atoms with Crippen molar-refractivity contribution in [1.82, 2.24) is 10.2 Å². The molecule has 5 heteroatoms. The van der Waals surface area contributed by atoms with E-state index in [2.05, 4.69) is 10.2 Å². The highest BCUT2D eigenvalue weighted by atomic mass is 16.5. The van der Waals surface area contributed by atoms with Crippen LogP contribution < -0.4 is 5.32 Å². The Labute approximate surface area is 116 Å². The lowest BCUT2D eigenvalue weighted by atomic mass is 9.97. The molecule has 1 unspecified atom stereocenters. The summed E-state index contributed by atoms with van der Waals surface area (Å²) in [6.45, 7) is 7.14. The van der Waals surface area contributed by atoms with Gasteiger partial charge in [0.1, 0.15) is 5.54 Å². The van der Waals surface area contributed by atoms with Crippen LogP contribution in [0.25, 0.3) is 0 Å². The van der Waals surface area contributed by atoms with Crippen LogP contribution in [0.5, 0.6) is 0 Å². The summed E-state index contributed by atoms with van der Waals surface area (Å²) in [4.78, 5) is 14.1. The number of ether oxygens (including phenoxy) is 2. The lowest BCUT2D eigenvalue weighted by Gasteiger charge is -2.30. The Morgan fingerprint density at radius 3 is 2.63 bits per heavy atom. The molecule has 1 saturated carbocycles. The second-order valence-corrected chi connectivity index (χ2v) is 5.49. The summed E-state index contributed by atoms with van der Waals surface area (Å²) in [7, 11) is 3.50. The zero-order valence-electron chi connectivity index (χ0n) is 12.7. The van der Waals surface area contributed by atoms with E-state index in [0.29, 0.717) is 6.04 Å². The Hall–Kier alpha value is -0.650. The second-order valence-electron chi connectivity index (χ2n) is 5.49. The summed E-state index contributed by atoms with van der Waals surface area (Å²) in [5, 5.41) is 3.41. The van der Waals surface area contributed by atoms with Crippen molar-refractivity contribution in [3.05, 3.63) is 0 Å². The Morgan fingerprint density at radius 2 is 2.11 bits per heavy atom. The molecule has 0 aromatic carbocycles. The summed E-state index contributed by atoms with van der Waals surface area (Å²) < 4.78 is 10.3. The summed E-state index contributed by atoms with van der Waals surface area (Å²) >= 11 is 0. The number of carbonyl (C=O) groups excluding carboxylic acids is 1. The van der Waals surface area contributed by atoms with Crippen LogP contribution in [-0.4, -0.2) is 62.9 Å². The first-order chi connectivity index (χ1) is 9.01. The topological polar surface area (TPSA) is 50.8 Å². The monoisotopic (exact) mass is 272 g/mol. The molecule has 0 heterocycles. The van der Waals surface area contributed by atoms with Gasteiger partial charge < -0.3 is 14.4 Å². The van der Waals surface area contributed by atoms with E-state index in [-0.39, 0.29) is 5.97 Å². The molecule has 0 amide bonds. The van der Waals surface area contributed by atoms with Gasteiger partial charge in [0.2, 0.25) is 0 Å². The third-order valence-corrected chi connectivity index (χ3v) is 3.55. The lowest BCUT2D eigenvalue weighted by Crippen LogP contribution is -2.52. The number of hydrogen-bond donors (Lipinski definition) is 1. The van der Waals surface area contributed by atoms with E-state index >= 15 is 0 Å². The van der Waals surface area contributed by atoms with Gasteiger partial charge in [-0.25, -0.2) is 0 Å². The number of nitrogens with one attached hydrogen (secondary N) is 1. The molecular weight excluding hydrogens is 244 g/mol. The molecule has 1 aliphatic carbocycles. The van der Waals surface area contributed by atoms with Gasteiger partial charge >= 0.3 is 5.97 Å². The van der Waals surface area contributed by atoms with E-state index in [9.17, 15) is 4.79 Å². The maximum atomic E-state index is 11.9. The first-order valence-corrected chi connectivity index (χ1v) is 7.14. The molecule has 112 valence electrons. The molecule has 1 N–H and O–H groups in total. The molecular formula is C14H28N2O3. The number of methoxy groups -OCH3 is 1. The van der Waals surface area contributed by atoms with Gasteiger partial charge in [0.25, 0.3) is 0 Å². The van der Waals surface area contributed by atoms with Gasteiger partial charge in [-0.3, -0.25) is 10.1 Å². The number of nitrogens with zero attached hydrogens (tertiary/aromatic N) is 1. The van der Waals surface area contributed by atoms with Crippen molar-refractivity contribution < 1.29 is 14.3 Å². The Kier molecular flexibility index (Phi) is 6.75. The van der Waals surface area contributed by atoms with E-state index in [1.807, 2.05) is 20.9 Å². The van der Waals surface area contributed by atoms with Crippen molar-refractivity contribution in [3.63, 3.8) is 0 Å². The maximum absolute atomic E-state index is 11.9. The SMILES string of the molecule is CCOCCN(C)CCC(C)(NC1CC1)C(=O)OC. The minimum absolute atomic E-state index is 0.169. The number of rotatable bonds is 10. The van der Waals surface area contributed by atoms with Crippen molar-refractivity contribution in [2.75, 3.05) is 40.5 Å². The lowest BCUT2D eigenvalue weighted by molar-refractivity contribution is -0.148. The molecule has 1 atom stereocenters. The average molecular weight is 272 g/mol. The van der Waals surface area contributed by atoms with E-state index < -0.39 is 5.54 Å². The van der Waals surface area contributed by atoms with Crippen LogP contribution in [0.1, 0.15) is 33.1 Å². The zero-order valence-corrected chi connectivity index (χ0v) is 12.7. The summed E-state index contributed by atoms with van der Waals surface area (Å²) in [5.41, 5.74) is -0.574. The summed E-state index contributed by atoms with van der Waals surface area (Å²) in [6, 6.07) is 0.484. The molecule has 1 rings (SSSR count). The van der Waals surface area contributed by atoms with E-state index in [0.717, 1.165) is 45.6 Å². The molecule has 0 aromatic rings. The standard InChI is InChI=1S/C14H28N2O3/c1-5-19-11-10-16(3)9-8-14(2,13(17)18-4)15-12-6-7-12/h12,15H,5-11H2,1-4H3. The van der Waals surface area contributed by atoms with Gasteiger partial charge in [0.05, 0.1) is 13.7 Å². The summed E-state index contributed by atoms with van der Waals surface area (Å²) in [6.07, 6.45) is 3.07. The molecule has 0 aliphatic heterocycles. The van der Waals surface area contributed by atoms with Crippen molar-refractivity contribution in [3.8, 4) is 0 Å². The van der Waals surface area contributed by atoms with Crippen LogP contribution in [0.4, 0.5) is 0 Å². The predicted molar refractivity (Wildman–Crippen MR) is 75.2 cm³/mol. The van der Waals surface area contributed by atoms with Crippen LogP contribution in [0, 0.1) is 0 Å². The molecule has 1 aliphatic rings. The van der Waals surface area contributed by atoms with Crippen molar-refractivity contribution in [2.45, 2.75) is 44.7 Å². The fourth-order valence-corrected chi connectivity index (χ4v) is 2.03. The fourth-order valence-electron chi connectivity index (χ4n) is 2.03. The number of carbonyl (C=O) groups is 1. The normalized spacial score (nSPS) is 18.4. The van der Waals surface area contributed by atoms with Crippen LogP contribution in [-0.2, 0) is 14.3 Å². The van der Waals surface area contributed by atoms with Crippen molar-refractivity contribution in [2.24, 2.45) is 0 Å².